The lowest BCUT2D eigenvalue weighted by atomic mass is 9.97. The lowest BCUT2D eigenvalue weighted by Gasteiger charge is -2.15. The van der Waals surface area contributed by atoms with Gasteiger partial charge in [0.2, 0.25) is 0 Å². The first-order valence-corrected chi connectivity index (χ1v) is 9.91. The number of rotatable bonds is 7. The third-order valence-corrected chi connectivity index (χ3v) is 5.17. The summed E-state index contributed by atoms with van der Waals surface area (Å²) in [6, 6.07) is 11.7. The molecule has 2 aromatic rings. The van der Waals surface area contributed by atoms with Gasteiger partial charge in [-0.25, -0.2) is 0 Å². The molecule has 5 nitrogen and oxygen atoms in total. The van der Waals surface area contributed by atoms with Crippen molar-refractivity contribution in [2.75, 3.05) is 12.4 Å². The molecule has 0 heterocycles. The van der Waals surface area contributed by atoms with Crippen LogP contribution in [0.25, 0.3) is 11.1 Å². The van der Waals surface area contributed by atoms with Gasteiger partial charge in [-0.05, 0) is 41.7 Å². The first-order chi connectivity index (χ1) is 12.3. The Morgan fingerprint density at radius 1 is 1.19 bits per heavy atom. The number of allylic oxidation sites excluding steroid dienone is 1. The van der Waals surface area contributed by atoms with Crippen molar-refractivity contribution in [3.05, 3.63) is 65.2 Å². The van der Waals surface area contributed by atoms with Crippen LogP contribution in [0.5, 0.6) is 5.75 Å². The predicted octanol–water partition coefficient (Wildman–Crippen LogP) is 3.67. The Labute approximate surface area is 153 Å². The van der Waals surface area contributed by atoms with E-state index < -0.39 is 10.1 Å². The van der Waals surface area contributed by atoms with E-state index in [0.29, 0.717) is 23.3 Å². The van der Waals surface area contributed by atoms with E-state index >= 15 is 0 Å². The maximum atomic E-state index is 12.5. The molecule has 0 aromatic heterocycles. The summed E-state index contributed by atoms with van der Waals surface area (Å²) in [7, 11) is -4.03. The summed E-state index contributed by atoms with van der Waals surface area (Å²) in [6.07, 6.45) is 0.784. The van der Waals surface area contributed by atoms with Gasteiger partial charge in [-0.3, -0.25) is 9.35 Å². The highest BCUT2D eigenvalue weighted by Gasteiger charge is 2.26. The number of fused-ring (bicyclic) bond motifs is 3. The molecule has 0 saturated heterocycles. The fraction of sp³-hybridized carbons (Fsp3) is 0.250. The van der Waals surface area contributed by atoms with E-state index in [9.17, 15) is 13.2 Å². The normalized spacial score (nSPS) is 12.4. The van der Waals surface area contributed by atoms with Crippen LogP contribution in [0.2, 0.25) is 0 Å². The van der Waals surface area contributed by atoms with Crippen LogP contribution in [-0.2, 0) is 16.5 Å². The van der Waals surface area contributed by atoms with Crippen molar-refractivity contribution < 1.29 is 22.5 Å². The molecule has 1 aliphatic rings. The van der Waals surface area contributed by atoms with Crippen LogP contribution in [0.3, 0.4) is 0 Å². The molecule has 0 spiro atoms. The molecule has 3 rings (SSSR count). The van der Waals surface area contributed by atoms with Crippen LogP contribution >= 0.6 is 0 Å². The van der Waals surface area contributed by atoms with Gasteiger partial charge in [-0.2, -0.15) is 8.42 Å². The second kappa shape index (κ2) is 7.05. The van der Waals surface area contributed by atoms with Crippen LogP contribution in [-0.4, -0.2) is 31.1 Å². The van der Waals surface area contributed by atoms with Crippen molar-refractivity contribution in [1.82, 2.24) is 0 Å². The number of benzene rings is 2. The number of hydrogen-bond acceptors (Lipinski definition) is 4. The minimum Gasteiger partial charge on any atom is -0.492 e. The van der Waals surface area contributed by atoms with E-state index in [1.165, 1.54) is 0 Å². The number of Topliss-reactive ketones (excluding diaryl/α,β-unsaturated/α-hetero) is 1. The monoisotopic (exact) mass is 372 g/mol. The number of hydrogen-bond donors (Lipinski definition) is 1. The number of carbonyl (C=O) groups is 1. The van der Waals surface area contributed by atoms with Crippen molar-refractivity contribution in [2.45, 2.75) is 19.8 Å². The van der Waals surface area contributed by atoms with Crippen molar-refractivity contribution in [2.24, 2.45) is 0 Å². The van der Waals surface area contributed by atoms with Gasteiger partial charge in [0.05, 0.1) is 17.9 Å². The topological polar surface area (TPSA) is 80.7 Å². The summed E-state index contributed by atoms with van der Waals surface area (Å²) in [5.74, 6) is -0.109. The molecule has 0 amide bonds. The summed E-state index contributed by atoms with van der Waals surface area (Å²) < 4.78 is 36.4. The molecule has 0 radical (unpaired) electrons. The van der Waals surface area contributed by atoms with Crippen molar-refractivity contribution >= 4 is 15.9 Å². The van der Waals surface area contributed by atoms with Gasteiger partial charge in [0.25, 0.3) is 10.1 Å². The highest BCUT2D eigenvalue weighted by atomic mass is 32.2. The Hall–Kier alpha value is -2.44. The number of ketones is 1. The maximum absolute atomic E-state index is 12.5. The van der Waals surface area contributed by atoms with E-state index in [4.69, 9.17) is 9.29 Å². The second-order valence-corrected chi connectivity index (χ2v) is 7.97. The summed E-state index contributed by atoms with van der Waals surface area (Å²) in [5, 5.41) is 0. The molecule has 0 atom stereocenters. The zero-order valence-electron chi connectivity index (χ0n) is 14.5. The standard InChI is InChI=1S/C20H20O5S/c1-13(2)19(21)17-9-8-16-15-7-4-3-6-14(15)12-18(16)20(17)25-10-5-11-26(22,23)24/h3-4,6-9H,1,5,10-12H2,2H3,(H,22,23,24). The van der Waals surface area contributed by atoms with E-state index in [0.717, 1.165) is 22.3 Å². The van der Waals surface area contributed by atoms with Gasteiger partial charge in [0.15, 0.2) is 5.78 Å². The van der Waals surface area contributed by atoms with Crippen molar-refractivity contribution in [3.63, 3.8) is 0 Å². The van der Waals surface area contributed by atoms with Crippen LogP contribution in [0.15, 0.2) is 48.6 Å². The van der Waals surface area contributed by atoms with Gasteiger partial charge in [-0.1, -0.05) is 36.9 Å². The Balaban J connectivity index is 1.96. The molecule has 0 aliphatic heterocycles. The van der Waals surface area contributed by atoms with Gasteiger partial charge >= 0.3 is 0 Å². The van der Waals surface area contributed by atoms with Crippen molar-refractivity contribution in [3.8, 4) is 16.9 Å². The van der Waals surface area contributed by atoms with Gasteiger partial charge in [0.1, 0.15) is 5.75 Å². The Morgan fingerprint density at radius 3 is 2.62 bits per heavy atom. The van der Waals surface area contributed by atoms with Gasteiger partial charge in [0, 0.05) is 12.0 Å². The molecule has 136 valence electrons. The first-order valence-electron chi connectivity index (χ1n) is 8.30. The minimum absolute atomic E-state index is 0.0864. The molecule has 6 heteroatoms. The van der Waals surface area contributed by atoms with E-state index in [1.54, 1.807) is 13.0 Å². The molecule has 1 aliphatic carbocycles. The van der Waals surface area contributed by atoms with Crippen LogP contribution in [0.1, 0.15) is 34.8 Å². The fourth-order valence-corrected chi connectivity index (χ4v) is 3.66. The zero-order valence-corrected chi connectivity index (χ0v) is 15.3. The molecule has 0 bridgehead atoms. The van der Waals surface area contributed by atoms with Gasteiger partial charge in [-0.15, -0.1) is 0 Å². The van der Waals surface area contributed by atoms with E-state index in [-0.39, 0.29) is 24.6 Å². The third-order valence-electron chi connectivity index (χ3n) is 4.36. The quantitative estimate of drug-likeness (QED) is 0.296. The molecule has 2 aromatic carbocycles. The molecular formula is C20H20O5S. The van der Waals surface area contributed by atoms with E-state index in [2.05, 4.69) is 6.58 Å². The van der Waals surface area contributed by atoms with Crippen LogP contribution in [0, 0.1) is 0 Å². The summed E-state index contributed by atoms with van der Waals surface area (Å²) in [6.45, 7) is 5.45. The molecule has 0 unspecified atom stereocenters. The third kappa shape index (κ3) is 3.71. The molecule has 0 saturated carbocycles. The molecular weight excluding hydrogens is 352 g/mol. The lowest BCUT2D eigenvalue weighted by molar-refractivity contribution is 0.103. The first kappa shape index (κ1) is 18.4. The largest absolute Gasteiger partial charge is 0.492 e. The Kier molecular flexibility index (Phi) is 4.98. The highest BCUT2D eigenvalue weighted by molar-refractivity contribution is 7.85. The smallest absolute Gasteiger partial charge is 0.264 e. The summed E-state index contributed by atoms with van der Waals surface area (Å²) in [5.41, 5.74) is 5.04. The average molecular weight is 372 g/mol. The maximum Gasteiger partial charge on any atom is 0.264 e. The number of carbonyl (C=O) groups excluding carboxylic acids is 1. The van der Waals surface area contributed by atoms with Crippen molar-refractivity contribution in [1.29, 1.82) is 0 Å². The average Bonchev–Trinajstić information content (AvgIpc) is 2.96. The summed E-state index contributed by atoms with van der Waals surface area (Å²) in [4.78, 5) is 12.5. The second-order valence-electron chi connectivity index (χ2n) is 6.40. The Morgan fingerprint density at radius 2 is 1.92 bits per heavy atom. The number of ether oxygens (including phenoxy) is 1. The minimum atomic E-state index is -4.03. The highest BCUT2D eigenvalue weighted by Crippen LogP contribution is 2.43. The van der Waals surface area contributed by atoms with Crippen LogP contribution in [0.4, 0.5) is 0 Å². The zero-order chi connectivity index (χ0) is 18.9. The van der Waals surface area contributed by atoms with Gasteiger partial charge < -0.3 is 4.74 Å². The lowest BCUT2D eigenvalue weighted by Crippen LogP contribution is -2.12. The predicted molar refractivity (Wildman–Crippen MR) is 100 cm³/mol. The van der Waals surface area contributed by atoms with E-state index in [1.807, 2.05) is 30.3 Å². The fourth-order valence-electron chi connectivity index (χ4n) is 3.17. The SMILES string of the molecule is C=C(C)C(=O)c1ccc2c(c1OCCCS(=O)(=O)O)Cc1ccccc1-2. The van der Waals surface area contributed by atoms with Crippen LogP contribution < -0.4 is 4.74 Å². The molecule has 0 fully saturated rings. The molecule has 26 heavy (non-hydrogen) atoms. The summed E-state index contributed by atoms with van der Waals surface area (Å²) >= 11 is 0. The molecule has 1 N–H and O–H groups in total. The Bertz CT molecular complexity index is 989.